The Kier molecular flexibility index (Phi) is 5.17. The molecule has 0 radical (unpaired) electrons. The van der Waals surface area contributed by atoms with E-state index in [1.165, 1.54) is 18.4 Å². The Morgan fingerprint density at radius 2 is 2.10 bits per heavy atom. The van der Waals surface area contributed by atoms with Crippen LogP contribution < -0.4 is 0 Å². The summed E-state index contributed by atoms with van der Waals surface area (Å²) in [5.74, 6) is -0.367. The molecular formula is C15H21NO3S. The molecule has 110 valence electrons. The van der Waals surface area contributed by atoms with Gasteiger partial charge in [-0.3, -0.25) is 9.59 Å². The number of esters is 1. The fourth-order valence-electron chi connectivity index (χ4n) is 2.72. The maximum absolute atomic E-state index is 12.8. The van der Waals surface area contributed by atoms with Crippen LogP contribution in [-0.4, -0.2) is 36.5 Å². The van der Waals surface area contributed by atoms with E-state index in [1.807, 2.05) is 18.4 Å². The summed E-state index contributed by atoms with van der Waals surface area (Å²) < 4.78 is 4.73. The first-order valence-corrected chi connectivity index (χ1v) is 7.99. The third kappa shape index (κ3) is 3.20. The lowest BCUT2D eigenvalue weighted by Gasteiger charge is -2.27. The highest BCUT2D eigenvalue weighted by atomic mass is 32.1. The Balaban J connectivity index is 2.20. The molecule has 1 aliphatic carbocycles. The molecular weight excluding hydrogens is 274 g/mol. The lowest BCUT2D eigenvalue weighted by molar-refractivity contribution is -0.141. The molecule has 1 fully saturated rings. The van der Waals surface area contributed by atoms with Crippen molar-refractivity contribution in [3.8, 4) is 0 Å². The monoisotopic (exact) mass is 295 g/mol. The summed E-state index contributed by atoms with van der Waals surface area (Å²) >= 11 is 1.46. The summed E-state index contributed by atoms with van der Waals surface area (Å²) in [7, 11) is 1.36. The van der Waals surface area contributed by atoms with E-state index >= 15 is 0 Å². The fraction of sp³-hybridized carbons (Fsp3) is 0.600. The maximum Gasteiger partial charge on any atom is 0.325 e. The van der Waals surface area contributed by atoms with Crippen LogP contribution in [-0.2, 0) is 16.0 Å². The van der Waals surface area contributed by atoms with Crippen LogP contribution in [0.25, 0.3) is 0 Å². The molecule has 4 nitrogen and oxygen atoms in total. The number of aryl methyl sites for hydroxylation is 1. The molecule has 0 N–H and O–H groups in total. The summed E-state index contributed by atoms with van der Waals surface area (Å²) in [5, 5.41) is 1.94. The van der Waals surface area contributed by atoms with Gasteiger partial charge in [0.05, 0.1) is 12.0 Å². The lowest BCUT2D eigenvalue weighted by atomic mass is 10.1. The number of hydrogen-bond donors (Lipinski definition) is 0. The van der Waals surface area contributed by atoms with Gasteiger partial charge in [0.1, 0.15) is 6.54 Å². The van der Waals surface area contributed by atoms with Crippen LogP contribution in [0.2, 0.25) is 0 Å². The van der Waals surface area contributed by atoms with E-state index in [2.05, 4.69) is 0 Å². The minimum atomic E-state index is -0.347. The van der Waals surface area contributed by atoms with E-state index in [0.29, 0.717) is 0 Å². The Morgan fingerprint density at radius 1 is 1.40 bits per heavy atom. The summed E-state index contributed by atoms with van der Waals surface area (Å²) in [5.41, 5.74) is 1.06. The van der Waals surface area contributed by atoms with Gasteiger partial charge in [0.2, 0.25) is 0 Å². The van der Waals surface area contributed by atoms with Gasteiger partial charge in [0.25, 0.3) is 5.91 Å². The number of methoxy groups -OCH3 is 1. The van der Waals surface area contributed by atoms with Crippen molar-refractivity contribution in [3.63, 3.8) is 0 Å². The molecule has 0 spiro atoms. The number of ether oxygens (including phenoxy) is 1. The second kappa shape index (κ2) is 6.88. The summed E-state index contributed by atoms with van der Waals surface area (Å²) in [6.45, 7) is 2.10. The predicted octanol–water partition coefficient (Wildman–Crippen LogP) is 2.87. The van der Waals surface area contributed by atoms with Gasteiger partial charge in [-0.25, -0.2) is 0 Å². The number of hydrogen-bond acceptors (Lipinski definition) is 4. The number of amides is 1. The normalized spacial score (nSPS) is 15.3. The molecule has 0 saturated heterocycles. The summed E-state index contributed by atoms with van der Waals surface area (Å²) in [4.78, 5) is 26.8. The van der Waals surface area contributed by atoms with Gasteiger partial charge in [-0.05, 0) is 36.3 Å². The van der Waals surface area contributed by atoms with Gasteiger partial charge < -0.3 is 9.64 Å². The van der Waals surface area contributed by atoms with Gasteiger partial charge in [0, 0.05) is 6.04 Å². The molecule has 2 rings (SSSR count). The minimum absolute atomic E-state index is 0.0193. The topological polar surface area (TPSA) is 46.6 Å². The first kappa shape index (κ1) is 15.0. The minimum Gasteiger partial charge on any atom is -0.468 e. The van der Waals surface area contributed by atoms with E-state index in [0.717, 1.165) is 42.5 Å². The molecule has 5 heteroatoms. The third-order valence-corrected chi connectivity index (χ3v) is 4.82. The van der Waals surface area contributed by atoms with E-state index in [9.17, 15) is 9.59 Å². The zero-order chi connectivity index (χ0) is 14.5. The van der Waals surface area contributed by atoms with Crippen molar-refractivity contribution in [2.45, 2.75) is 45.1 Å². The second-order valence-electron chi connectivity index (χ2n) is 5.08. The predicted molar refractivity (Wildman–Crippen MR) is 79.0 cm³/mol. The van der Waals surface area contributed by atoms with E-state index < -0.39 is 0 Å². The van der Waals surface area contributed by atoms with E-state index in [-0.39, 0.29) is 24.5 Å². The highest BCUT2D eigenvalue weighted by Gasteiger charge is 2.30. The van der Waals surface area contributed by atoms with Gasteiger partial charge in [-0.1, -0.05) is 19.8 Å². The largest absolute Gasteiger partial charge is 0.468 e. The number of thiophene rings is 1. The molecule has 1 amide bonds. The highest BCUT2D eigenvalue weighted by molar-refractivity contribution is 7.12. The van der Waals surface area contributed by atoms with Gasteiger partial charge in [-0.15, -0.1) is 11.3 Å². The molecule has 0 atom stereocenters. The Hall–Kier alpha value is -1.36. The average Bonchev–Trinajstić information content (AvgIpc) is 3.13. The van der Waals surface area contributed by atoms with Crippen LogP contribution in [0.4, 0.5) is 0 Å². The number of carbonyl (C=O) groups excluding carboxylic acids is 2. The van der Waals surface area contributed by atoms with Crippen molar-refractivity contribution in [3.05, 3.63) is 21.9 Å². The average molecular weight is 295 g/mol. The molecule has 1 aromatic heterocycles. The molecule has 20 heavy (non-hydrogen) atoms. The zero-order valence-electron chi connectivity index (χ0n) is 12.1. The van der Waals surface area contributed by atoms with Crippen molar-refractivity contribution < 1.29 is 14.3 Å². The van der Waals surface area contributed by atoms with Gasteiger partial charge in [-0.2, -0.15) is 0 Å². The zero-order valence-corrected chi connectivity index (χ0v) is 12.9. The number of nitrogens with zero attached hydrogens (tertiary/aromatic N) is 1. The SMILES string of the molecule is CCc1ccsc1C(=O)N(CC(=O)OC)C1CCCC1. The van der Waals surface area contributed by atoms with Crippen molar-refractivity contribution in [2.75, 3.05) is 13.7 Å². The van der Waals surface area contributed by atoms with E-state index in [1.54, 1.807) is 4.90 Å². The van der Waals surface area contributed by atoms with Crippen LogP contribution >= 0.6 is 11.3 Å². The lowest BCUT2D eigenvalue weighted by Crippen LogP contribution is -2.42. The molecule has 1 saturated carbocycles. The maximum atomic E-state index is 12.8. The quantitative estimate of drug-likeness (QED) is 0.785. The Morgan fingerprint density at radius 3 is 2.70 bits per heavy atom. The molecule has 0 bridgehead atoms. The van der Waals surface area contributed by atoms with Crippen LogP contribution in [0.15, 0.2) is 11.4 Å². The van der Waals surface area contributed by atoms with Gasteiger partial charge in [0.15, 0.2) is 0 Å². The number of carbonyl (C=O) groups is 2. The van der Waals surface area contributed by atoms with Crippen LogP contribution in [0.3, 0.4) is 0 Å². The fourth-order valence-corrected chi connectivity index (χ4v) is 3.67. The summed E-state index contributed by atoms with van der Waals surface area (Å²) in [6.07, 6.45) is 5.05. The Labute approximate surface area is 123 Å². The van der Waals surface area contributed by atoms with Crippen molar-refractivity contribution >= 4 is 23.2 Å². The number of rotatable bonds is 5. The van der Waals surface area contributed by atoms with Crippen LogP contribution in [0.1, 0.15) is 47.8 Å². The molecule has 0 aliphatic heterocycles. The van der Waals surface area contributed by atoms with Crippen molar-refractivity contribution in [2.24, 2.45) is 0 Å². The Bertz CT molecular complexity index is 477. The molecule has 0 unspecified atom stereocenters. The third-order valence-electron chi connectivity index (χ3n) is 3.88. The second-order valence-corrected chi connectivity index (χ2v) is 5.99. The van der Waals surface area contributed by atoms with Crippen LogP contribution in [0.5, 0.6) is 0 Å². The summed E-state index contributed by atoms with van der Waals surface area (Å²) in [6, 6.07) is 2.16. The first-order valence-electron chi connectivity index (χ1n) is 7.11. The van der Waals surface area contributed by atoms with Gasteiger partial charge >= 0.3 is 5.97 Å². The van der Waals surface area contributed by atoms with Crippen molar-refractivity contribution in [1.82, 2.24) is 4.90 Å². The smallest absolute Gasteiger partial charge is 0.325 e. The van der Waals surface area contributed by atoms with Crippen molar-refractivity contribution in [1.29, 1.82) is 0 Å². The molecule has 1 aliphatic rings. The molecule has 1 aromatic rings. The molecule has 1 heterocycles. The molecule has 0 aromatic carbocycles. The first-order chi connectivity index (χ1) is 9.67. The van der Waals surface area contributed by atoms with E-state index in [4.69, 9.17) is 4.74 Å². The standard InChI is InChI=1S/C15H21NO3S/c1-3-11-8-9-20-14(11)15(18)16(10-13(17)19-2)12-6-4-5-7-12/h8-9,12H,3-7,10H2,1-2H3. The van der Waals surface area contributed by atoms with Crippen LogP contribution in [0, 0.1) is 0 Å². The highest BCUT2D eigenvalue weighted by Crippen LogP contribution is 2.27.